The summed E-state index contributed by atoms with van der Waals surface area (Å²) in [6.45, 7) is 10.8. The number of aryl methyl sites for hydroxylation is 1. The molecule has 2 heteroatoms. The Kier molecular flexibility index (Phi) is 7.64. The van der Waals surface area contributed by atoms with E-state index in [9.17, 15) is 9.50 Å². The minimum absolute atomic E-state index is 0.0949. The van der Waals surface area contributed by atoms with Crippen molar-refractivity contribution in [2.24, 2.45) is 23.7 Å². The Labute approximate surface area is 159 Å². The SMILES string of the molecule is Cc1cc(F)c(C)c([C@@H](C)[C@@H](CC[C@@H](C)CO)[C@@H](C)C2C=CC=CC2)c1. The summed E-state index contributed by atoms with van der Waals surface area (Å²) < 4.78 is 14.3. The second-order valence-corrected chi connectivity index (χ2v) is 8.35. The third-order valence-corrected chi connectivity index (χ3v) is 6.33. The van der Waals surface area contributed by atoms with E-state index in [2.05, 4.69) is 51.1 Å². The van der Waals surface area contributed by atoms with Crippen LogP contribution in [0.2, 0.25) is 0 Å². The summed E-state index contributed by atoms with van der Waals surface area (Å²) in [5, 5.41) is 9.44. The molecule has 0 amide bonds. The molecule has 0 aromatic heterocycles. The number of allylic oxidation sites excluding steroid dienone is 4. The molecule has 2 rings (SSSR count). The minimum Gasteiger partial charge on any atom is -0.396 e. The highest BCUT2D eigenvalue weighted by Gasteiger charge is 2.30. The number of hydrogen-bond acceptors (Lipinski definition) is 1. The third kappa shape index (κ3) is 5.07. The van der Waals surface area contributed by atoms with E-state index in [4.69, 9.17) is 0 Å². The molecular formula is C24H35FO. The van der Waals surface area contributed by atoms with Crippen LogP contribution >= 0.6 is 0 Å². The molecule has 1 aliphatic carbocycles. The summed E-state index contributed by atoms with van der Waals surface area (Å²) in [4.78, 5) is 0. The van der Waals surface area contributed by atoms with Gasteiger partial charge in [-0.3, -0.25) is 0 Å². The van der Waals surface area contributed by atoms with Crippen LogP contribution in [0, 0.1) is 43.3 Å². The first-order valence-corrected chi connectivity index (χ1v) is 10.1. The topological polar surface area (TPSA) is 20.2 Å². The maximum absolute atomic E-state index is 14.3. The van der Waals surface area contributed by atoms with Gasteiger partial charge in [-0.05, 0) is 85.5 Å². The van der Waals surface area contributed by atoms with Crippen molar-refractivity contribution >= 4 is 0 Å². The van der Waals surface area contributed by atoms with Crippen LogP contribution < -0.4 is 0 Å². The van der Waals surface area contributed by atoms with Gasteiger partial charge >= 0.3 is 0 Å². The summed E-state index contributed by atoms with van der Waals surface area (Å²) >= 11 is 0. The number of rotatable bonds is 8. The zero-order valence-electron chi connectivity index (χ0n) is 17.0. The highest BCUT2D eigenvalue weighted by molar-refractivity contribution is 5.35. The molecule has 1 nitrogen and oxygen atoms in total. The van der Waals surface area contributed by atoms with Crippen LogP contribution in [0.25, 0.3) is 0 Å². The summed E-state index contributed by atoms with van der Waals surface area (Å²) in [6.07, 6.45) is 12.0. The second-order valence-electron chi connectivity index (χ2n) is 8.35. The Morgan fingerprint density at radius 2 is 1.85 bits per heavy atom. The molecule has 0 saturated carbocycles. The van der Waals surface area contributed by atoms with Crippen molar-refractivity contribution in [3.05, 3.63) is 58.9 Å². The quantitative estimate of drug-likeness (QED) is 0.575. The van der Waals surface area contributed by atoms with E-state index in [-0.39, 0.29) is 12.4 Å². The lowest BCUT2D eigenvalue weighted by Gasteiger charge is -2.35. The van der Waals surface area contributed by atoms with Crippen LogP contribution in [-0.2, 0) is 0 Å². The van der Waals surface area contributed by atoms with Crippen LogP contribution in [0.4, 0.5) is 4.39 Å². The molecular weight excluding hydrogens is 323 g/mol. The molecule has 0 fully saturated rings. The van der Waals surface area contributed by atoms with Gasteiger partial charge < -0.3 is 5.11 Å². The Morgan fingerprint density at radius 3 is 2.46 bits per heavy atom. The Morgan fingerprint density at radius 1 is 1.12 bits per heavy atom. The van der Waals surface area contributed by atoms with E-state index in [1.807, 2.05) is 13.8 Å². The normalized spacial score (nSPS) is 21.4. The first-order valence-electron chi connectivity index (χ1n) is 10.1. The Hall–Kier alpha value is -1.41. The molecule has 0 radical (unpaired) electrons. The monoisotopic (exact) mass is 358 g/mol. The van der Waals surface area contributed by atoms with Gasteiger partial charge in [-0.15, -0.1) is 0 Å². The van der Waals surface area contributed by atoms with E-state index < -0.39 is 0 Å². The molecule has 0 heterocycles. The predicted molar refractivity (Wildman–Crippen MR) is 109 cm³/mol. The fraction of sp³-hybridized carbons (Fsp3) is 0.583. The summed E-state index contributed by atoms with van der Waals surface area (Å²) in [6, 6.07) is 3.79. The largest absolute Gasteiger partial charge is 0.396 e. The predicted octanol–water partition coefficient (Wildman–Crippen LogP) is 6.34. The molecule has 0 aliphatic heterocycles. The van der Waals surface area contributed by atoms with Crippen molar-refractivity contribution in [2.45, 2.75) is 59.8 Å². The molecule has 5 atom stereocenters. The highest BCUT2D eigenvalue weighted by atomic mass is 19.1. The van der Waals surface area contributed by atoms with Gasteiger partial charge in [0.25, 0.3) is 0 Å². The van der Waals surface area contributed by atoms with Crippen molar-refractivity contribution in [3.8, 4) is 0 Å². The molecule has 1 unspecified atom stereocenters. The molecule has 1 aliphatic rings. The van der Waals surface area contributed by atoms with Gasteiger partial charge in [-0.2, -0.15) is 0 Å². The van der Waals surface area contributed by atoms with Gasteiger partial charge in [-0.25, -0.2) is 4.39 Å². The minimum atomic E-state index is -0.0949. The lowest BCUT2D eigenvalue weighted by atomic mass is 9.69. The first kappa shape index (κ1) is 20.9. The number of halogens is 1. The average Bonchev–Trinajstić information content (AvgIpc) is 2.64. The van der Waals surface area contributed by atoms with Crippen molar-refractivity contribution in [1.29, 1.82) is 0 Å². The van der Waals surface area contributed by atoms with E-state index in [1.165, 1.54) is 0 Å². The van der Waals surface area contributed by atoms with Crippen molar-refractivity contribution in [1.82, 2.24) is 0 Å². The maximum atomic E-state index is 14.3. The number of benzene rings is 1. The number of aliphatic hydroxyl groups is 1. The number of hydrogen-bond donors (Lipinski definition) is 1. The summed E-state index contributed by atoms with van der Waals surface area (Å²) in [5.74, 6) is 2.03. The van der Waals surface area contributed by atoms with Crippen LogP contribution in [0.15, 0.2) is 36.4 Å². The zero-order valence-corrected chi connectivity index (χ0v) is 17.0. The van der Waals surface area contributed by atoms with Crippen LogP contribution in [0.1, 0.15) is 62.6 Å². The van der Waals surface area contributed by atoms with Gasteiger partial charge in [0.2, 0.25) is 0 Å². The lowest BCUT2D eigenvalue weighted by Crippen LogP contribution is -2.26. The molecule has 0 saturated heterocycles. The smallest absolute Gasteiger partial charge is 0.126 e. The Bertz CT molecular complexity index is 646. The van der Waals surface area contributed by atoms with Gasteiger partial charge in [0.15, 0.2) is 0 Å². The fourth-order valence-corrected chi connectivity index (χ4v) is 4.39. The summed E-state index contributed by atoms with van der Waals surface area (Å²) in [5.41, 5.74) is 2.92. The molecule has 1 aromatic rings. The highest BCUT2D eigenvalue weighted by Crippen LogP contribution is 2.41. The fourth-order valence-electron chi connectivity index (χ4n) is 4.39. The van der Waals surface area contributed by atoms with Gasteiger partial charge in [-0.1, -0.05) is 51.1 Å². The van der Waals surface area contributed by atoms with E-state index in [1.54, 1.807) is 6.07 Å². The van der Waals surface area contributed by atoms with Gasteiger partial charge in [0, 0.05) is 6.61 Å². The Balaban J connectivity index is 2.29. The maximum Gasteiger partial charge on any atom is 0.126 e. The third-order valence-electron chi connectivity index (χ3n) is 6.33. The molecule has 0 spiro atoms. The van der Waals surface area contributed by atoms with E-state index >= 15 is 0 Å². The van der Waals surface area contributed by atoms with Crippen molar-refractivity contribution < 1.29 is 9.50 Å². The first-order chi connectivity index (χ1) is 12.3. The summed E-state index contributed by atoms with van der Waals surface area (Å²) in [7, 11) is 0. The molecule has 1 aromatic carbocycles. The molecule has 0 bridgehead atoms. The van der Waals surface area contributed by atoms with Gasteiger partial charge in [0.1, 0.15) is 5.82 Å². The average molecular weight is 359 g/mol. The van der Waals surface area contributed by atoms with E-state index in [0.717, 1.165) is 36.0 Å². The van der Waals surface area contributed by atoms with Crippen LogP contribution in [0.5, 0.6) is 0 Å². The van der Waals surface area contributed by atoms with E-state index in [0.29, 0.717) is 29.6 Å². The van der Waals surface area contributed by atoms with Crippen LogP contribution in [-0.4, -0.2) is 11.7 Å². The van der Waals surface area contributed by atoms with Crippen molar-refractivity contribution in [3.63, 3.8) is 0 Å². The van der Waals surface area contributed by atoms with Gasteiger partial charge in [0.05, 0.1) is 0 Å². The number of aliphatic hydroxyl groups excluding tert-OH is 1. The lowest BCUT2D eigenvalue weighted by molar-refractivity contribution is 0.189. The van der Waals surface area contributed by atoms with Crippen molar-refractivity contribution in [2.75, 3.05) is 6.61 Å². The molecule has 144 valence electrons. The molecule has 26 heavy (non-hydrogen) atoms. The molecule has 1 N–H and O–H groups in total. The van der Waals surface area contributed by atoms with Crippen LogP contribution in [0.3, 0.4) is 0 Å². The zero-order chi connectivity index (χ0) is 19.3. The standard InChI is InChI=1S/C24H35FO/c1-16(15-26)11-12-22(18(3)21-9-7-6-8-10-21)19(4)23-13-17(2)14-24(25)20(23)5/h6-9,13-14,16,18-19,21-22,26H,10-12,15H2,1-5H3/t16-,18+,19+,21?,22+/m1/s1. The second kappa shape index (κ2) is 9.50.